The van der Waals surface area contributed by atoms with Crippen molar-refractivity contribution in [3.05, 3.63) is 29.8 Å². The van der Waals surface area contributed by atoms with Crippen molar-refractivity contribution >= 4 is 18.1 Å². The molecule has 1 aromatic rings. The number of piperidine rings is 1. The quantitative estimate of drug-likeness (QED) is 0.805. The molecule has 0 aromatic heterocycles. The van der Waals surface area contributed by atoms with E-state index in [9.17, 15) is 0 Å². The Kier molecular flexibility index (Phi) is 5.10. The van der Waals surface area contributed by atoms with Gasteiger partial charge in [-0.3, -0.25) is 4.90 Å². The molecule has 3 heteroatoms. The first kappa shape index (κ1) is 13.3. The van der Waals surface area contributed by atoms with Crippen LogP contribution in [0, 0.1) is 0 Å². The molecular weight excluding hydrogens is 220 g/mol. The van der Waals surface area contributed by atoms with E-state index in [1.165, 1.54) is 37.9 Å². The molecule has 1 aliphatic rings. The Morgan fingerprint density at radius 3 is 2.19 bits per heavy atom. The largest absolute Gasteiger partial charge is 0.399 e. The zero-order valence-electron chi connectivity index (χ0n) is 9.86. The van der Waals surface area contributed by atoms with E-state index < -0.39 is 0 Å². The van der Waals surface area contributed by atoms with E-state index in [1.807, 2.05) is 12.1 Å². The summed E-state index contributed by atoms with van der Waals surface area (Å²) in [6.45, 7) is 4.77. The van der Waals surface area contributed by atoms with E-state index in [0.717, 1.165) is 5.69 Å². The van der Waals surface area contributed by atoms with Crippen LogP contribution >= 0.6 is 12.4 Å². The predicted octanol–water partition coefficient (Wildman–Crippen LogP) is 3.24. The van der Waals surface area contributed by atoms with Gasteiger partial charge in [-0.2, -0.15) is 0 Å². The van der Waals surface area contributed by atoms with Crippen LogP contribution in [-0.2, 0) is 0 Å². The lowest BCUT2D eigenvalue weighted by Gasteiger charge is -2.32. The maximum atomic E-state index is 5.69. The highest BCUT2D eigenvalue weighted by molar-refractivity contribution is 5.85. The van der Waals surface area contributed by atoms with Crippen LogP contribution in [0.4, 0.5) is 5.69 Å². The Morgan fingerprint density at radius 2 is 1.62 bits per heavy atom. The zero-order valence-corrected chi connectivity index (χ0v) is 10.7. The number of rotatable bonds is 2. The summed E-state index contributed by atoms with van der Waals surface area (Å²) in [5.74, 6) is 0. The first-order valence-electron chi connectivity index (χ1n) is 5.87. The minimum absolute atomic E-state index is 0. The first-order valence-corrected chi connectivity index (χ1v) is 5.87. The lowest BCUT2D eigenvalue weighted by molar-refractivity contribution is 0.175. The number of hydrogen-bond donors (Lipinski definition) is 1. The molecule has 0 spiro atoms. The first-order chi connectivity index (χ1) is 7.27. The average molecular weight is 241 g/mol. The van der Waals surface area contributed by atoms with Crippen molar-refractivity contribution in [2.45, 2.75) is 32.2 Å². The van der Waals surface area contributed by atoms with Crippen LogP contribution in [-0.4, -0.2) is 18.0 Å². The highest BCUT2D eigenvalue weighted by Crippen LogP contribution is 2.24. The molecule has 2 rings (SSSR count). The Labute approximate surface area is 104 Å². The second-order valence-electron chi connectivity index (χ2n) is 4.44. The van der Waals surface area contributed by atoms with Crippen LogP contribution in [0.15, 0.2) is 24.3 Å². The third-order valence-corrected chi connectivity index (χ3v) is 3.36. The third-order valence-electron chi connectivity index (χ3n) is 3.36. The molecule has 1 atom stereocenters. The number of benzene rings is 1. The summed E-state index contributed by atoms with van der Waals surface area (Å²) in [5, 5.41) is 0. The van der Waals surface area contributed by atoms with Crippen LogP contribution in [0.2, 0.25) is 0 Å². The molecule has 2 nitrogen and oxygen atoms in total. The number of halogens is 1. The average Bonchev–Trinajstić information content (AvgIpc) is 2.30. The minimum Gasteiger partial charge on any atom is -0.399 e. The lowest BCUT2D eigenvalue weighted by Crippen LogP contribution is -2.32. The minimum atomic E-state index is 0. The Balaban J connectivity index is 0.00000128. The topological polar surface area (TPSA) is 29.3 Å². The number of hydrogen-bond acceptors (Lipinski definition) is 2. The number of nitrogens with zero attached hydrogens (tertiary/aromatic N) is 1. The molecule has 0 bridgehead atoms. The van der Waals surface area contributed by atoms with Gasteiger partial charge in [0.25, 0.3) is 0 Å². The third kappa shape index (κ3) is 3.13. The van der Waals surface area contributed by atoms with E-state index in [0.29, 0.717) is 6.04 Å². The maximum absolute atomic E-state index is 5.69. The Bertz CT molecular complexity index is 304. The fourth-order valence-electron chi connectivity index (χ4n) is 2.29. The SMILES string of the molecule is CC(c1ccc(N)cc1)N1CCCCC1.Cl. The van der Waals surface area contributed by atoms with Gasteiger partial charge < -0.3 is 5.73 Å². The van der Waals surface area contributed by atoms with E-state index in [-0.39, 0.29) is 12.4 Å². The Hall–Kier alpha value is -0.730. The van der Waals surface area contributed by atoms with E-state index in [1.54, 1.807) is 0 Å². The second-order valence-corrected chi connectivity index (χ2v) is 4.44. The summed E-state index contributed by atoms with van der Waals surface area (Å²) < 4.78 is 0. The van der Waals surface area contributed by atoms with Crippen LogP contribution in [0.25, 0.3) is 0 Å². The Morgan fingerprint density at radius 1 is 1.06 bits per heavy atom. The predicted molar refractivity (Wildman–Crippen MR) is 71.9 cm³/mol. The molecule has 1 fully saturated rings. The monoisotopic (exact) mass is 240 g/mol. The van der Waals surface area contributed by atoms with Gasteiger partial charge >= 0.3 is 0 Å². The summed E-state index contributed by atoms with van der Waals surface area (Å²) >= 11 is 0. The van der Waals surface area contributed by atoms with Crippen LogP contribution < -0.4 is 5.73 Å². The van der Waals surface area contributed by atoms with Crippen LogP contribution in [0.3, 0.4) is 0 Å². The van der Waals surface area contributed by atoms with Gasteiger partial charge in [0.15, 0.2) is 0 Å². The van der Waals surface area contributed by atoms with Gasteiger partial charge in [-0.15, -0.1) is 12.4 Å². The van der Waals surface area contributed by atoms with Crippen molar-refractivity contribution in [2.75, 3.05) is 18.8 Å². The van der Waals surface area contributed by atoms with E-state index >= 15 is 0 Å². The van der Waals surface area contributed by atoms with Crippen molar-refractivity contribution < 1.29 is 0 Å². The van der Waals surface area contributed by atoms with Crippen LogP contribution in [0.1, 0.15) is 37.8 Å². The number of likely N-dealkylation sites (tertiary alicyclic amines) is 1. The lowest BCUT2D eigenvalue weighted by atomic mass is 10.0. The molecule has 1 heterocycles. The summed E-state index contributed by atoms with van der Waals surface area (Å²) in [7, 11) is 0. The van der Waals surface area contributed by atoms with Gasteiger partial charge in [-0.25, -0.2) is 0 Å². The molecule has 1 unspecified atom stereocenters. The molecule has 0 amide bonds. The molecule has 1 aliphatic heterocycles. The van der Waals surface area contributed by atoms with Gasteiger partial charge in [-0.05, 0) is 50.6 Å². The maximum Gasteiger partial charge on any atom is 0.0319 e. The van der Waals surface area contributed by atoms with E-state index in [4.69, 9.17) is 5.73 Å². The summed E-state index contributed by atoms with van der Waals surface area (Å²) in [5.41, 5.74) is 7.92. The summed E-state index contributed by atoms with van der Waals surface area (Å²) in [6, 6.07) is 8.82. The molecule has 16 heavy (non-hydrogen) atoms. The molecule has 1 saturated heterocycles. The van der Waals surface area contributed by atoms with Crippen molar-refractivity contribution in [1.29, 1.82) is 0 Å². The zero-order chi connectivity index (χ0) is 10.7. The highest BCUT2D eigenvalue weighted by atomic mass is 35.5. The van der Waals surface area contributed by atoms with Crippen molar-refractivity contribution in [3.63, 3.8) is 0 Å². The van der Waals surface area contributed by atoms with Crippen molar-refractivity contribution in [3.8, 4) is 0 Å². The van der Waals surface area contributed by atoms with Gasteiger partial charge in [0.2, 0.25) is 0 Å². The number of nitrogens with two attached hydrogens (primary N) is 1. The van der Waals surface area contributed by atoms with Gasteiger partial charge in [0.1, 0.15) is 0 Å². The normalized spacial score (nSPS) is 18.8. The van der Waals surface area contributed by atoms with Gasteiger partial charge in [-0.1, -0.05) is 18.6 Å². The van der Waals surface area contributed by atoms with Crippen LogP contribution in [0.5, 0.6) is 0 Å². The van der Waals surface area contributed by atoms with Crippen molar-refractivity contribution in [1.82, 2.24) is 4.90 Å². The van der Waals surface area contributed by atoms with Crippen molar-refractivity contribution in [2.24, 2.45) is 0 Å². The molecule has 90 valence electrons. The second kappa shape index (κ2) is 6.12. The fraction of sp³-hybridized carbons (Fsp3) is 0.538. The summed E-state index contributed by atoms with van der Waals surface area (Å²) in [6.07, 6.45) is 4.09. The standard InChI is InChI=1S/C13H20N2.ClH/c1-11(15-9-3-2-4-10-15)12-5-7-13(14)8-6-12;/h5-8,11H,2-4,9-10,14H2,1H3;1H. The molecule has 0 saturated carbocycles. The van der Waals surface area contributed by atoms with Gasteiger partial charge in [0, 0.05) is 11.7 Å². The number of nitrogen functional groups attached to an aromatic ring is 1. The molecule has 0 radical (unpaired) electrons. The van der Waals surface area contributed by atoms with Gasteiger partial charge in [0.05, 0.1) is 0 Å². The number of anilines is 1. The molecular formula is C13H21ClN2. The molecule has 1 aromatic carbocycles. The molecule has 0 aliphatic carbocycles. The molecule has 2 N–H and O–H groups in total. The highest BCUT2D eigenvalue weighted by Gasteiger charge is 2.17. The summed E-state index contributed by atoms with van der Waals surface area (Å²) in [4.78, 5) is 2.56. The van der Waals surface area contributed by atoms with E-state index in [2.05, 4.69) is 24.0 Å². The fourth-order valence-corrected chi connectivity index (χ4v) is 2.29. The smallest absolute Gasteiger partial charge is 0.0319 e.